The predicted molar refractivity (Wildman–Crippen MR) is 130 cm³/mol. The van der Waals surface area contributed by atoms with Crippen LogP contribution in [0.25, 0.3) is 0 Å². The fourth-order valence-corrected chi connectivity index (χ4v) is 4.88. The lowest BCUT2D eigenvalue weighted by Gasteiger charge is -2.43. The molecule has 0 aromatic heterocycles. The first kappa shape index (κ1) is 22.1. The first-order chi connectivity index (χ1) is 14.4. The van der Waals surface area contributed by atoms with Crippen LogP contribution in [-0.4, -0.2) is 24.5 Å². The van der Waals surface area contributed by atoms with Gasteiger partial charge in [-0.05, 0) is 59.7 Å². The van der Waals surface area contributed by atoms with Crippen molar-refractivity contribution in [3.05, 3.63) is 96.9 Å². The Morgan fingerprint density at radius 1 is 0.700 bits per heavy atom. The van der Waals surface area contributed by atoms with Gasteiger partial charge in [-0.2, -0.15) is 0 Å². The minimum Gasteiger partial charge on any atom is -0.361 e. The summed E-state index contributed by atoms with van der Waals surface area (Å²) in [5.74, 6) is 0. The summed E-state index contributed by atoms with van der Waals surface area (Å²) >= 11 is 31.4. The Bertz CT molecular complexity index is 1040. The molecule has 0 amide bonds. The summed E-state index contributed by atoms with van der Waals surface area (Å²) in [5, 5.41) is 3.41. The van der Waals surface area contributed by atoms with Crippen molar-refractivity contribution in [3.63, 3.8) is 0 Å². The number of hydrogen-bond donors (Lipinski definition) is 0. The van der Waals surface area contributed by atoms with Crippen LogP contribution in [0.3, 0.4) is 0 Å². The molecule has 4 rings (SSSR count). The van der Waals surface area contributed by atoms with Gasteiger partial charge in [-0.25, -0.2) is 0 Å². The van der Waals surface area contributed by atoms with E-state index in [1.807, 2.05) is 42.5 Å². The van der Waals surface area contributed by atoms with Crippen LogP contribution in [-0.2, 0) is 6.54 Å². The lowest BCUT2D eigenvalue weighted by Crippen LogP contribution is -2.48. The van der Waals surface area contributed by atoms with Crippen molar-refractivity contribution in [3.8, 4) is 0 Å². The van der Waals surface area contributed by atoms with E-state index < -0.39 is 0 Å². The second-order valence-electron chi connectivity index (χ2n) is 7.33. The number of benzene rings is 3. The molecule has 1 atom stereocenters. The largest absolute Gasteiger partial charge is 0.361 e. The molecule has 7 heteroatoms. The van der Waals surface area contributed by atoms with E-state index in [1.54, 1.807) is 6.07 Å². The maximum Gasteiger partial charge on any atom is 0.0670 e. The predicted octanol–water partition coefficient (Wildman–Crippen LogP) is 8.02. The number of anilines is 1. The van der Waals surface area contributed by atoms with Gasteiger partial charge in [-0.3, -0.25) is 4.90 Å². The number of halogens is 5. The van der Waals surface area contributed by atoms with Crippen molar-refractivity contribution in [2.24, 2.45) is 0 Å². The van der Waals surface area contributed by atoms with E-state index >= 15 is 0 Å². The zero-order chi connectivity index (χ0) is 21.3. The first-order valence-electron chi connectivity index (χ1n) is 9.54. The molecule has 1 heterocycles. The Balaban J connectivity index is 1.64. The lowest BCUT2D eigenvalue weighted by molar-refractivity contribution is 0.215. The van der Waals surface area contributed by atoms with E-state index in [9.17, 15) is 0 Å². The van der Waals surface area contributed by atoms with Gasteiger partial charge in [0.15, 0.2) is 0 Å². The normalized spacial score (nSPS) is 17.4. The Kier molecular flexibility index (Phi) is 7.04. The Morgan fingerprint density at radius 3 is 2.10 bits per heavy atom. The van der Waals surface area contributed by atoms with Crippen molar-refractivity contribution < 1.29 is 0 Å². The number of piperazine rings is 1. The molecule has 0 aliphatic carbocycles. The van der Waals surface area contributed by atoms with E-state index in [4.69, 9.17) is 58.0 Å². The highest BCUT2D eigenvalue weighted by Crippen LogP contribution is 2.37. The molecular weight excluding hydrogens is 482 g/mol. The van der Waals surface area contributed by atoms with Crippen LogP contribution < -0.4 is 4.90 Å². The lowest BCUT2D eigenvalue weighted by atomic mass is 10.0. The SMILES string of the molecule is Clc1ccc(C2CN(Cc3cc(Cl)ccc3Cl)CCN2c2ccc(Cl)cc2Cl)cc1. The van der Waals surface area contributed by atoms with Gasteiger partial charge in [0, 0.05) is 46.3 Å². The van der Waals surface area contributed by atoms with Gasteiger partial charge in [-0.1, -0.05) is 70.1 Å². The molecule has 1 aliphatic rings. The third-order valence-corrected chi connectivity index (χ3v) is 6.73. The molecule has 30 heavy (non-hydrogen) atoms. The van der Waals surface area contributed by atoms with Crippen molar-refractivity contribution in [1.82, 2.24) is 4.90 Å². The van der Waals surface area contributed by atoms with Crippen LogP contribution in [0.2, 0.25) is 25.1 Å². The molecule has 1 unspecified atom stereocenters. The molecular formula is C23H19Cl5N2. The summed E-state index contributed by atoms with van der Waals surface area (Å²) in [5.41, 5.74) is 3.17. The van der Waals surface area contributed by atoms with Crippen LogP contribution in [0, 0.1) is 0 Å². The van der Waals surface area contributed by atoms with Crippen molar-refractivity contribution in [2.45, 2.75) is 12.6 Å². The third kappa shape index (κ3) is 5.02. The van der Waals surface area contributed by atoms with Crippen LogP contribution in [0.1, 0.15) is 17.2 Å². The highest BCUT2D eigenvalue weighted by molar-refractivity contribution is 6.36. The zero-order valence-corrected chi connectivity index (χ0v) is 19.7. The number of rotatable bonds is 4. The molecule has 2 nitrogen and oxygen atoms in total. The van der Waals surface area contributed by atoms with E-state index in [0.29, 0.717) is 20.1 Å². The fraction of sp³-hybridized carbons (Fsp3) is 0.217. The minimum absolute atomic E-state index is 0.104. The van der Waals surface area contributed by atoms with E-state index in [0.717, 1.165) is 42.5 Å². The molecule has 3 aromatic carbocycles. The van der Waals surface area contributed by atoms with Gasteiger partial charge < -0.3 is 4.90 Å². The molecule has 1 aliphatic heterocycles. The summed E-state index contributed by atoms with van der Waals surface area (Å²) in [6.45, 7) is 3.22. The fourth-order valence-electron chi connectivity index (χ4n) is 3.86. The Morgan fingerprint density at radius 2 is 1.37 bits per heavy atom. The molecule has 0 bridgehead atoms. The van der Waals surface area contributed by atoms with E-state index in [2.05, 4.69) is 21.9 Å². The van der Waals surface area contributed by atoms with Crippen molar-refractivity contribution in [1.29, 1.82) is 0 Å². The highest BCUT2D eigenvalue weighted by atomic mass is 35.5. The highest BCUT2D eigenvalue weighted by Gasteiger charge is 2.30. The molecule has 0 radical (unpaired) electrons. The van der Waals surface area contributed by atoms with Crippen LogP contribution in [0.4, 0.5) is 5.69 Å². The molecule has 0 spiro atoms. The number of hydrogen-bond acceptors (Lipinski definition) is 2. The van der Waals surface area contributed by atoms with Gasteiger partial charge in [0.25, 0.3) is 0 Å². The van der Waals surface area contributed by atoms with Gasteiger partial charge >= 0.3 is 0 Å². The maximum absolute atomic E-state index is 6.55. The van der Waals surface area contributed by atoms with E-state index in [1.165, 1.54) is 5.56 Å². The van der Waals surface area contributed by atoms with Gasteiger partial charge in [0.2, 0.25) is 0 Å². The maximum atomic E-state index is 6.55. The minimum atomic E-state index is 0.104. The van der Waals surface area contributed by atoms with Gasteiger partial charge in [-0.15, -0.1) is 0 Å². The molecule has 3 aromatic rings. The molecule has 1 saturated heterocycles. The monoisotopic (exact) mass is 498 g/mol. The quantitative estimate of drug-likeness (QED) is 0.358. The molecule has 1 fully saturated rings. The average molecular weight is 501 g/mol. The molecule has 0 N–H and O–H groups in total. The second-order valence-corrected chi connectivity index (χ2v) is 9.45. The van der Waals surface area contributed by atoms with Crippen molar-refractivity contribution in [2.75, 3.05) is 24.5 Å². The Labute approximate surface area is 201 Å². The summed E-state index contributed by atoms with van der Waals surface area (Å²) < 4.78 is 0. The summed E-state index contributed by atoms with van der Waals surface area (Å²) in [4.78, 5) is 4.72. The summed E-state index contributed by atoms with van der Waals surface area (Å²) in [6.07, 6.45) is 0. The Hall–Kier alpha value is -1.13. The topological polar surface area (TPSA) is 6.48 Å². The molecule has 156 valence electrons. The molecule has 0 saturated carbocycles. The summed E-state index contributed by atoms with van der Waals surface area (Å²) in [6, 6.07) is 19.3. The standard InChI is InChI=1S/C23H19Cl5N2/c24-17-3-1-15(2-4-17)23-14-29(13-16-11-18(25)5-7-20(16)27)9-10-30(23)22-8-6-19(26)12-21(22)28/h1-8,11-12,23H,9-10,13-14H2. The third-order valence-electron chi connectivity index (χ3n) is 5.34. The van der Waals surface area contributed by atoms with Crippen LogP contribution in [0.5, 0.6) is 0 Å². The van der Waals surface area contributed by atoms with Crippen LogP contribution >= 0.6 is 58.0 Å². The van der Waals surface area contributed by atoms with Gasteiger partial charge in [0.05, 0.1) is 16.8 Å². The smallest absolute Gasteiger partial charge is 0.0670 e. The summed E-state index contributed by atoms with van der Waals surface area (Å²) in [7, 11) is 0. The first-order valence-corrected chi connectivity index (χ1v) is 11.4. The zero-order valence-electron chi connectivity index (χ0n) is 16.0. The second kappa shape index (κ2) is 9.56. The van der Waals surface area contributed by atoms with Crippen LogP contribution in [0.15, 0.2) is 60.7 Å². The van der Waals surface area contributed by atoms with Crippen molar-refractivity contribution >= 4 is 63.7 Å². The number of nitrogens with zero attached hydrogens (tertiary/aromatic N) is 2. The van der Waals surface area contributed by atoms with E-state index in [-0.39, 0.29) is 6.04 Å². The average Bonchev–Trinajstić information content (AvgIpc) is 2.72. The van der Waals surface area contributed by atoms with Gasteiger partial charge in [0.1, 0.15) is 0 Å².